The quantitative estimate of drug-likeness (QED) is 0.707. The smallest absolute Gasteiger partial charge is 0.240 e. The van der Waals surface area contributed by atoms with Gasteiger partial charge in [0, 0.05) is 24.0 Å². The van der Waals surface area contributed by atoms with Crippen molar-refractivity contribution in [1.29, 1.82) is 0 Å². The summed E-state index contributed by atoms with van der Waals surface area (Å²) in [6.45, 7) is 5.42. The van der Waals surface area contributed by atoms with E-state index in [-0.39, 0.29) is 17.7 Å². The molecule has 1 aliphatic carbocycles. The summed E-state index contributed by atoms with van der Waals surface area (Å²) in [6, 6.07) is 12.5. The maximum atomic E-state index is 12.7. The fourth-order valence-electron chi connectivity index (χ4n) is 2.84. The first-order valence-electron chi connectivity index (χ1n) is 8.88. The predicted molar refractivity (Wildman–Crippen MR) is 106 cm³/mol. The highest BCUT2D eigenvalue weighted by atomic mass is 16.2. The molecule has 6 heteroatoms. The zero-order valence-electron chi connectivity index (χ0n) is 15.7. The molecule has 0 atom stereocenters. The molecule has 0 radical (unpaired) electrons. The van der Waals surface area contributed by atoms with Gasteiger partial charge in [-0.15, -0.1) is 0 Å². The van der Waals surface area contributed by atoms with E-state index in [1.54, 1.807) is 24.3 Å². The number of rotatable bonds is 5. The van der Waals surface area contributed by atoms with Gasteiger partial charge in [-0.2, -0.15) is 0 Å². The molecule has 0 aromatic heterocycles. The Balaban J connectivity index is 1.65. The average molecular weight is 365 g/mol. The first-order valence-corrected chi connectivity index (χ1v) is 8.88. The molecule has 3 rings (SSSR count). The Morgan fingerprint density at radius 2 is 1.22 bits per heavy atom. The fraction of sp³-hybridized carbons (Fsp3) is 0.286. The lowest BCUT2D eigenvalue weighted by Gasteiger charge is -2.16. The number of anilines is 3. The summed E-state index contributed by atoms with van der Waals surface area (Å²) in [5.74, 6) is -0.749. The van der Waals surface area contributed by atoms with Crippen molar-refractivity contribution in [3.05, 3.63) is 53.6 Å². The summed E-state index contributed by atoms with van der Waals surface area (Å²) < 4.78 is 0. The first-order chi connectivity index (χ1) is 12.8. The maximum absolute atomic E-state index is 12.7. The van der Waals surface area contributed by atoms with Crippen LogP contribution in [0.1, 0.15) is 30.9 Å². The third-order valence-electron chi connectivity index (χ3n) is 4.85. The lowest BCUT2D eigenvalue weighted by atomic mass is 10.0. The molecule has 0 unspecified atom stereocenters. The summed E-state index contributed by atoms with van der Waals surface area (Å²) >= 11 is 0. The van der Waals surface area contributed by atoms with Crippen LogP contribution in [0.5, 0.6) is 0 Å². The predicted octanol–water partition coefficient (Wildman–Crippen LogP) is 3.62. The topological polar surface area (TPSA) is 87.3 Å². The number of hydrogen-bond donors (Lipinski definition) is 3. The number of amides is 3. The Morgan fingerprint density at radius 1 is 0.741 bits per heavy atom. The number of carbonyl (C=O) groups excluding carboxylic acids is 3. The molecule has 0 bridgehead atoms. The molecule has 140 valence electrons. The second-order valence-corrected chi connectivity index (χ2v) is 7.05. The van der Waals surface area contributed by atoms with E-state index in [4.69, 9.17) is 0 Å². The van der Waals surface area contributed by atoms with E-state index in [1.165, 1.54) is 6.92 Å². The van der Waals surface area contributed by atoms with Crippen LogP contribution in [-0.2, 0) is 14.4 Å². The molecular formula is C21H23N3O3. The Morgan fingerprint density at radius 3 is 1.70 bits per heavy atom. The molecule has 6 nitrogen and oxygen atoms in total. The van der Waals surface area contributed by atoms with Gasteiger partial charge >= 0.3 is 0 Å². The van der Waals surface area contributed by atoms with Crippen molar-refractivity contribution in [3.63, 3.8) is 0 Å². The molecule has 3 amide bonds. The van der Waals surface area contributed by atoms with Gasteiger partial charge in [-0.25, -0.2) is 0 Å². The molecule has 0 heterocycles. The highest BCUT2D eigenvalue weighted by molar-refractivity contribution is 6.17. The molecule has 1 saturated carbocycles. The van der Waals surface area contributed by atoms with Gasteiger partial charge in [0.25, 0.3) is 0 Å². The zero-order valence-corrected chi connectivity index (χ0v) is 15.7. The van der Waals surface area contributed by atoms with Crippen LogP contribution in [0.3, 0.4) is 0 Å². The molecule has 3 N–H and O–H groups in total. The molecule has 1 fully saturated rings. The third-order valence-corrected chi connectivity index (χ3v) is 4.85. The normalized spacial score (nSPS) is 14.2. The Kier molecular flexibility index (Phi) is 4.99. The SMILES string of the molecule is CC(=O)Nc1ccc(NC(=O)C2(C(=O)Nc3ccc(C)c(C)c3)CC2)cc1. The van der Waals surface area contributed by atoms with Crippen LogP contribution in [0.25, 0.3) is 0 Å². The van der Waals surface area contributed by atoms with Crippen LogP contribution in [-0.4, -0.2) is 17.7 Å². The number of carbonyl (C=O) groups is 3. The second-order valence-electron chi connectivity index (χ2n) is 7.05. The van der Waals surface area contributed by atoms with Gasteiger partial charge in [0.05, 0.1) is 0 Å². The Labute approximate surface area is 158 Å². The van der Waals surface area contributed by atoms with Crippen molar-refractivity contribution in [2.45, 2.75) is 33.6 Å². The van der Waals surface area contributed by atoms with Crippen molar-refractivity contribution >= 4 is 34.8 Å². The molecule has 2 aromatic carbocycles. The van der Waals surface area contributed by atoms with Crippen molar-refractivity contribution in [1.82, 2.24) is 0 Å². The van der Waals surface area contributed by atoms with Crippen LogP contribution >= 0.6 is 0 Å². The average Bonchev–Trinajstić information content (AvgIpc) is 3.41. The molecular weight excluding hydrogens is 342 g/mol. The summed E-state index contributed by atoms with van der Waals surface area (Å²) in [4.78, 5) is 36.4. The number of nitrogens with one attached hydrogen (secondary N) is 3. The lowest BCUT2D eigenvalue weighted by Crippen LogP contribution is -2.35. The zero-order chi connectivity index (χ0) is 19.6. The second kappa shape index (κ2) is 7.23. The summed E-state index contributed by atoms with van der Waals surface area (Å²) in [6.07, 6.45) is 1.05. The largest absolute Gasteiger partial charge is 0.326 e. The van der Waals surface area contributed by atoms with Gasteiger partial charge in [0.2, 0.25) is 17.7 Å². The first kappa shape index (κ1) is 18.6. The van der Waals surface area contributed by atoms with Crippen LogP contribution in [0.2, 0.25) is 0 Å². The van der Waals surface area contributed by atoms with Gasteiger partial charge in [-0.05, 0) is 74.2 Å². The molecule has 27 heavy (non-hydrogen) atoms. The van der Waals surface area contributed by atoms with Gasteiger partial charge in [0.1, 0.15) is 5.41 Å². The third kappa shape index (κ3) is 4.16. The Hall–Kier alpha value is -3.15. The molecule has 0 spiro atoms. The van der Waals surface area contributed by atoms with E-state index < -0.39 is 5.41 Å². The minimum Gasteiger partial charge on any atom is -0.326 e. The maximum Gasteiger partial charge on any atom is 0.240 e. The lowest BCUT2D eigenvalue weighted by molar-refractivity contribution is -0.131. The molecule has 0 saturated heterocycles. The van der Waals surface area contributed by atoms with Gasteiger partial charge < -0.3 is 16.0 Å². The van der Waals surface area contributed by atoms with E-state index in [2.05, 4.69) is 16.0 Å². The van der Waals surface area contributed by atoms with Crippen LogP contribution < -0.4 is 16.0 Å². The monoisotopic (exact) mass is 365 g/mol. The summed E-state index contributed by atoms with van der Waals surface area (Å²) in [5.41, 5.74) is 3.14. The van der Waals surface area contributed by atoms with Crippen LogP contribution in [0.4, 0.5) is 17.1 Å². The van der Waals surface area contributed by atoms with Gasteiger partial charge in [-0.3, -0.25) is 14.4 Å². The van der Waals surface area contributed by atoms with E-state index in [1.807, 2.05) is 32.0 Å². The molecule has 2 aromatic rings. The summed E-state index contributed by atoms with van der Waals surface area (Å²) in [5, 5.41) is 8.33. The fourth-order valence-corrected chi connectivity index (χ4v) is 2.84. The van der Waals surface area contributed by atoms with Crippen LogP contribution in [0, 0.1) is 19.3 Å². The van der Waals surface area contributed by atoms with E-state index in [9.17, 15) is 14.4 Å². The minimum absolute atomic E-state index is 0.160. The number of benzene rings is 2. The Bertz CT molecular complexity index is 899. The van der Waals surface area contributed by atoms with Crippen LogP contribution in [0.15, 0.2) is 42.5 Å². The highest BCUT2D eigenvalue weighted by Crippen LogP contribution is 2.47. The van der Waals surface area contributed by atoms with Crippen molar-refractivity contribution < 1.29 is 14.4 Å². The number of aryl methyl sites for hydroxylation is 2. The van der Waals surface area contributed by atoms with Gasteiger partial charge in [0.15, 0.2) is 0 Å². The highest BCUT2D eigenvalue weighted by Gasteiger charge is 2.56. The molecule has 0 aliphatic heterocycles. The van der Waals surface area contributed by atoms with Crippen molar-refractivity contribution in [2.24, 2.45) is 5.41 Å². The van der Waals surface area contributed by atoms with Gasteiger partial charge in [-0.1, -0.05) is 6.07 Å². The summed E-state index contributed by atoms with van der Waals surface area (Å²) in [7, 11) is 0. The van der Waals surface area contributed by atoms with Crippen molar-refractivity contribution in [3.8, 4) is 0 Å². The van der Waals surface area contributed by atoms with E-state index >= 15 is 0 Å². The van der Waals surface area contributed by atoms with E-state index in [0.717, 1.165) is 11.1 Å². The standard InChI is InChI=1S/C21H23N3O3/c1-13-4-5-18(12-14(13)2)24-20(27)21(10-11-21)19(26)23-17-8-6-16(7-9-17)22-15(3)25/h4-9,12H,10-11H2,1-3H3,(H,22,25)(H,23,26)(H,24,27). The number of hydrogen-bond acceptors (Lipinski definition) is 3. The van der Waals surface area contributed by atoms with E-state index in [0.29, 0.717) is 29.9 Å². The molecule has 1 aliphatic rings. The van der Waals surface area contributed by atoms with Crippen molar-refractivity contribution in [2.75, 3.05) is 16.0 Å². The minimum atomic E-state index is -1.02.